The maximum absolute atomic E-state index is 15.1. The molecule has 2 radical (unpaired) electrons. The van der Waals surface area contributed by atoms with Crippen LogP contribution in [-0.2, 0) is 52.3 Å². The van der Waals surface area contributed by atoms with Gasteiger partial charge in [0.2, 0.25) is 7.85 Å². The van der Waals surface area contributed by atoms with Gasteiger partial charge >= 0.3 is 23.9 Å². The molecule has 3 aliphatic heterocycles. The van der Waals surface area contributed by atoms with E-state index in [1.807, 2.05) is 20.8 Å². The Morgan fingerprint density at radius 3 is 2.23 bits per heavy atom. The third kappa shape index (κ3) is 8.13. The van der Waals surface area contributed by atoms with Crippen LogP contribution in [0.4, 0.5) is 4.79 Å². The summed E-state index contributed by atoms with van der Waals surface area (Å²) in [4.78, 5) is 71.3. The van der Waals surface area contributed by atoms with Crippen LogP contribution in [0.5, 0.6) is 11.5 Å². The second-order valence-electron chi connectivity index (χ2n) is 20.2. The maximum atomic E-state index is 15.1. The molecule has 370 valence electrons. The van der Waals surface area contributed by atoms with Gasteiger partial charge in [-0.1, -0.05) is 59.4 Å². The first kappa shape index (κ1) is 50.1. The van der Waals surface area contributed by atoms with Crippen molar-refractivity contribution in [1.82, 2.24) is 4.90 Å². The third-order valence-corrected chi connectivity index (χ3v) is 15.5. The van der Waals surface area contributed by atoms with Crippen molar-refractivity contribution in [3.05, 3.63) is 83.5 Å². The highest BCUT2D eigenvalue weighted by atomic mass is 16.7. The Labute approximate surface area is 403 Å². The van der Waals surface area contributed by atoms with E-state index in [2.05, 4.69) is 6.58 Å². The number of fused-ring (bicyclic) bond motifs is 4. The zero-order valence-electron chi connectivity index (χ0n) is 40.8. The number of hydrogen-bond donors (Lipinski definition) is 1. The van der Waals surface area contributed by atoms with Crippen LogP contribution >= 0.6 is 0 Å². The molecule has 1 N–H and O–H groups in total. The van der Waals surface area contributed by atoms with E-state index in [4.69, 9.17) is 55.2 Å². The van der Waals surface area contributed by atoms with Crippen LogP contribution in [0.15, 0.2) is 72.3 Å². The molecule has 3 aliphatic carbocycles. The molecule has 0 spiro atoms. The molecular formula is C51H62BNO16. The smallest absolute Gasteiger partial charge is 0.338 e. The van der Waals surface area contributed by atoms with Gasteiger partial charge < -0.3 is 57.4 Å². The molecule has 3 saturated heterocycles. The molecular weight excluding hydrogens is 893 g/mol. The Hall–Kier alpha value is -5.27. The molecule has 18 heteroatoms. The summed E-state index contributed by atoms with van der Waals surface area (Å²) in [6, 6.07) is 12.2. The number of carbonyl (C=O) groups is 5. The van der Waals surface area contributed by atoms with Crippen LogP contribution in [-0.4, -0.2) is 135 Å². The minimum absolute atomic E-state index is 0.0696. The Morgan fingerprint density at radius 1 is 0.942 bits per heavy atom. The van der Waals surface area contributed by atoms with E-state index < -0.39 is 125 Å². The first-order chi connectivity index (χ1) is 32.6. The summed E-state index contributed by atoms with van der Waals surface area (Å²) in [6.07, 6.45) is -9.11. The highest BCUT2D eigenvalue weighted by Crippen LogP contribution is 2.67. The number of nitrogens with zero attached hydrogens (tertiary/aromatic N) is 1. The molecule has 2 saturated carbocycles. The lowest BCUT2D eigenvalue weighted by molar-refractivity contribution is -0.405. The molecule has 5 fully saturated rings. The number of benzene rings is 2. The Bertz CT molecular complexity index is 2410. The van der Waals surface area contributed by atoms with Crippen molar-refractivity contribution < 1.29 is 76.4 Å². The minimum atomic E-state index is -2.23. The zero-order valence-corrected chi connectivity index (χ0v) is 40.8. The predicted octanol–water partition coefficient (Wildman–Crippen LogP) is 5.69. The largest absolute Gasteiger partial charge is 0.497 e. The monoisotopic (exact) mass is 955 g/mol. The third-order valence-electron chi connectivity index (χ3n) is 15.5. The molecule has 3 heterocycles. The number of aliphatic hydroxyl groups is 1. The summed E-state index contributed by atoms with van der Waals surface area (Å²) in [6.45, 7) is 17.2. The van der Waals surface area contributed by atoms with E-state index >= 15 is 4.79 Å². The molecule has 2 bridgehead atoms. The molecule has 4 unspecified atom stereocenters. The van der Waals surface area contributed by atoms with Crippen molar-refractivity contribution in [2.45, 2.75) is 147 Å². The number of esters is 4. The molecule has 17 nitrogen and oxygen atoms in total. The SMILES string of the molecule is [B]C(=O)N1C(c2ccc(OC)cc2OC)OC(C(=O)O[C@H]2C[C@@]3(O)[C@@H](OC(=O)c4ccccc4)[C@@H]4[C@]5(OC(C)=O)CO[C@@H]5C[C@@H]5OC(C=C)O[C@@H]([C@@H](OC(C)=O)C(=C2C)C3(C)C)[C@]54C)C1CC(C)C. The van der Waals surface area contributed by atoms with E-state index in [9.17, 15) is 24.3 Å². The summed E-state index contributed by atoms with van der Waals surface area (Å²) >= 11 is 0. The number of rotatable bonds is 12. The average Bonchev–Trinajstić information content (AvgIpc) is 3.66. The van der Waals surface area contributed by atoms with Gasteiger partial charge in [0.15, 0.2) is 36.1 Å². The molecule has 6 aliphatic rings. The van der Waals surface area contributed by atoms with Gasteiger partial charge in [-0.15, -0.1) is 0 Å². The summed E-state index contributed by atoms with van der Waals surface area (Å²) in [7, 11) is 9.04. The topological polar surface area (TPSA) is 201 Å². The first-order valence-electron chi connectivity index (χ1n) is 23.3. The zero-order chi connectivity index (χ0) is 50.1. The van der Waals surface area contributed by atoms with Crippen molar-refractivity contribution in [3.8, 4) is 11.5 Å². The number of methoxy groups -OCH3 is 2. The Balaban J connectivity index is 1.32. The number of hydrogen-bond acceptors (Lipinski definition) is 16. The standard InChI is InChI=1S/C51H62BNO16/c1-12-37-65-35-22-36-50(24-62-36,69-28(6)55)41-43(68-45(56)29-16-14-13-15-17-29)51(59)23-34(26(4)38(48(51,7)8)40(63-27(5)54)42(66-37)49(35,41)9)64-46(57)39-32(20-25(2)3)53(47(52)58)44(67-39)31-19-18-30(60-10)21-33(31)61-11/h12-19,21,25,32,34-37,39-44,59H,1,20,22-24H2,2-11H3/t32?,34-,35-,36+,37?,39?,40-,41-,42-,43-,44?,49+,50-,51+/m0/s1. The van der Waals surface area contributed by atoms with Crippen molar-refractivity contribution in [3.63, 3.8) is 0 Å². The summed E-state index contributed by atoms with van der Waals surface area (Å²) in [5, 5.41) is 14.1. The van der Waals surface area contributed by atoms with Gasteiger partial charge in [-0.25, -0.2) is 9.59 Å². The average molecular weight is 956 g/mol. The Kier molecular flexibility index (Phi) is 13.4. The van der Waals surface area contributed by atoms with E-state index in [0.29, 0.717) is 28.2 Å². The molecule has 0 aromatic heterocycles. The van der Waals surface area contributed by atoms with E-state index in [1.54, 1.807) is 69.3 Å². The van der Waals surface area contributed by atoms with Crippen LogP contribution in [0.25, 0.3) is 0 Å². The van der Waals surface area contributed by atoms with Gasteiger partial charge in [0.1, 0.15) is 41.5 Å². The lowest BCUT2D eigenvalue weighted by atomic mass is 9.44. The van der Waals surface area contributed by atoms with E-state index in [1.165, 1.54) is 39.0 Å². The predicted molar refractivity (Wildman–Crippen MR) is 245 cm³/mol. The summed E-state index contributed by atoms with van der Waals surface area (Å²) < 4.78 is 63.2. The van der Waals surface area contributed by atoms with Crippen LogP contribution in [0.3, 0.4) is 0 Å². The fraction of sp³-hybridized carbons (Fsp3) is 0.588. The van der Waals surface area contributed by atoms with Crippen molar-refractivity contribution in [2.75, 3.05) is 20.8 Å². The lowest BCUT2D eigenvalue weighted by Crippen LogP contribution is -2.83. The van der Waals surface area contributed by atoms with Crippen molar-refractivity contribution in [2.24, 2.45) is 22.7 Å². The molecule has 69 heavy (non-hydrogen) atoms. The lowest BCUT2D eigenvalue weighted by Gasteiger charge is -2.71. The first-order valence-corrected chi connectivity index (χ1v) is 23.3. The molecule has 1 amide bonds. The van der Waals surface area contributed by atoms with Crippen molar-refractivity contribution in [1.29, 1.82) is 0 Å². The minimum Gasteiger partial charge on any atom is -0.497 e. The van der Waals surface area contributed by atoms with Gasteiger partial charge in [0.05, 0.1) is 44.5 Å². The molecule has 14 atom stereocenters. The molecule has 2 aromatic carbocycles. The Morgan fingerprint density at radius 2 is 1.65 bits per heavy atom. The van der Waals surface area contributed by atoms with Crippen LogP contribution in [0.2, 0.25) is 0 Å². The highest BCUT2D eigenvalue weighted by molar-refractivity contribution is 6.57. The van der Waals surface area contributed by atoms with Crippen LogP contribution in [0.1, 0.15) is 96.8 Å². The van der Waals surface area contributed by atoms with E-state index in [-0.39, 0.29) is 30.9 Å². The van der Waals surface area contributed by atoms with Gasteiger partial charge in [-0.2, -0.15) is 0 Å². The molecule has 2 aromatic rings. The van der Waals surface area contributed by atoms with Crippen molar-refractivity contribution >= 4 is 37.5 Å². The van der Waals surface area contributed by atoms with Gasteiger partial charge in [0.25, 0.3) is 0 Å². The summed E-state index contributed by atoms with van der Waals surface area (Å²) in [5.74, 6) is -4.37. The van der Waals surface area contributed by atoms with Crippen LogP contribution in [0, 0.1) is 22.7 Å². The number of amides is 1. The number of carbonyl (C=O) groups excluding carboxylic acids is 5. The fourth-order valence-corrected chi connectivity index (χ4v) is 12.4. The quantitative estimate of drug-likeness (QED) is 0.118. The highest BCUT2D eigenvalue weighted by Gasteiger charge is 2.80. The summed E-state index contributed by atoms with van der Waals surface area (Å²) in [5.41, 5.74) is -5.35. The normalized spacial score (nSPS) is 36.3. The van der Waals surface area contributed by atoms with E-state index in [0.717, 1.165) is 0 Å². The molecule has 8 rings (SSSR count). The van der Waals surface area contributed by atoms with Crippen LogP contribution < -0.4 is 9.47 Å². The maximum Gasteiger partial charge on any atom is 0.338 e. The van der Waals surface area contributed by atoms with Gasteiger partial charge in [0, 0.05) is 49.1 Å². The second kappa shape index (κ2) is 18.5. The number of ether oxygens (including phenoxy) is 10. The van der Waals surface area contributed by atoms with Gasteiger partial charge in [-0.3, -0.25) is 14.4 Å². The fourth-order valence-electron chi connectivity index (χ4n) is 12.4. The van der Waals surface area contributed by atoms with Gasteiger partial charge in [-0.05, 0) is 60.8 Å². The second-order valence-corrected chi connectivity index (χ2v) is 20.2.